The zero-order chi connectivity index (χ0) is 47.5. The summed E-state index contributed by atoms with van der Waals surface area (Å²) >= 11 is 0. The third-order valence-corrected chi connectivity index (χ3v) is 13.5. The highest BCUT2D eigenvalue weighted by Crippen LogP contribution is 2.18. The van der Waals surface area contributed by atoms with Crippen LogP contribution >= 0.6 is 0 Å². The fraction of sp³-hybridized carbons (Fsp3) is 0.949. The Morgan fingerprint density at radius 2 is 0.508 bits per heavy atom. The van der Waals surface area contributed by atoms with Gasteiger partial charge < -0.3 is 14.2 Å². The molecule has 1 atom stereocenters. The fourth-order valence-electron chi connectivity index (χ4n) is 9.05. The summed E-state index contributed by atoms with van der Waals surface area (Å²) in [6.45, 7) is 11.4. The molecule has 0 N–H and O–H groups in total. The van der Waals surface area contributed by atoms with Crippen LogP contribution in [0.4, 0.5) is 0 Å². The zero-order valence-electron chi connectivity index (χ0n) is 44.6. The van der Waals surface area contributed by atoms with Crippen LogP contribution in [0.3, 0.4) is 0 Å². The monoisotopic (exact) mass is 919 g/mol. The third-order valence-electron chi connectivity index (χ3n) is 13.5. The molecule has 386 valence electrons. The van der Waals surface area contributed by atoms with Crippen molar-refractivity contribution >= 4 is 17.9 Å². The van der Waals surface area contributed by atoms with E-state index in [1.165, 1.54) is 218 Å². The highest BCUT2D eigenvalue weighted by atomic mass is 16.6. The molecule has 65 heavy (non-hydrogen) atoms. The number of ether oxygens (including phenoxy) is 3. The standard InChI is InChI=1S/C59H114O6/c1-6-7-8-9-32-39-44-49-57(60)63-52-56(53-64-58(61)50-45-40-35-30-26-22-18-15-14-17-21-25-29-34-38-43-48-55(4)5)65-59(62)51-46-41-36-31-27-23-19-13-11-10-12-16-20-24-28-33-37-42-47-54(2)3/h54-56H,6-53H2,1-5H3/t56-/m0/s1. The van der Waals surface area contributed by atoms with Crippen LogP contribution in [0, 0.1) is 11.8 Å². The second-order valence-corrected chi connectivity index (χ2v) is 21.2. The predicted molar refractivity (Wildman–Crippen MR) is 280 cm³/mol. The van der Waals surface area contributed by atoms with Gasteiger partial charge in [-0.25, -0.2) is 0 Å². The van der Waals surface area contributed by atoms with Gasteiger partial charge in [0.25, 0.3) is 0 Å². The lowest BCUT2D eigenvalue weighted by Gasteiger charge is -2.18. The molecule has 0 aromatic rings. The predicted octanol–water partition coefficient (Wildman–Crippen LogP) is 19.3. The summed E-state index contributed by atoms with van der Waals surface area (Å²) in [6, 6.07) is 0. The highest BCUT2D eigenvalue weighted by Gasteiger charge is 2.19. The van der Waals surface area contributed by atoms with E-state index < -0.39 is 6.10 Å². The van der Waals surface area contributed by atoms with Crippen molar-refractivity contribution in [3.63, 3.8) is 0 Å². The van der Waals surface area contributed by atoms with Crippen molar-refractivity contribution in [2.24, 2.45) is 11.8 Å². The van der Waals surface area contributed by atoms with Gasteiger partial charge in [0, 0.05) is 19.3 Å². The summed E-state index contributed by atoms with van der Waals surface area (Å²) in [5.41, 5.74) is 0. The van der Waals surface area contributed by atoms with Crippen molar-refractivity contribution in [2.45, 2.75) is 336 Å². The van der Waals surface area contributed by atoms with E-state index >= 15 is 0 Å². The lowest BCUT2D eigenvalue weighted by atomic mass is 10.0. The van der Waals surface area contributed by atoms with Crippen molar-refractivity contribution in [3.05, 3.63) is 0 Å². The van der Waals surface area contributed by atoms with Gasteiger partial charge in [-0.15, -0.1) is 0 Å². The molecule has 0 fully saturated rings. The summed E-state index contributed by atoms with van der Waals surface area (Å²) < 4.78 is 16.8. The van der Waals surface area contributed by atoms with Crippen molar-refractivity contribution < 1.29 is 28.6 Å². The van der Waals surface area contributed by atoms with Crippen LogP contribution in [0.1, 0.15) is 330 Å². The molecule has 0 unspecified atom stereocenters. The summed E-state index contributed by atoms with van der Waals surface area (Å²) in [4.78, 5) is 38.0. The van der Waals surface area contributed by atoms with Crippen LogP contribution < -0.4 is 0 Å². The molecule has 0 spiro atoms. The first-order valence-electron chi connectivity index (χ1n) is 29.2. The third kappa shape index (κ3) is 53.2. The molecule has 0 aliphatic heterocycles. The van der Waals surface area contributed by atoms with Gasteiger partial charge in [0.05, 0.1) is 0 Å². The number of rotatable bonds is 53. The quantitative estimate of drug-likeness (QED) is 0.0344. The van der Waals surface area contributed by atoms with Gasteiger partial charge in [-0.3, -0.25) is 14.4 Å². The van der Waals surface area contributed by atoms with Crippen LogP contribution in [0.5, 0.6) is 0 Å². The maximum absolute atomic E-state index is 12.8. The summed E-state index contributed by atoms with van der Waals surface area (Å²) in [6.07, 6.45) is 55.5. The molecule has 0 saturated carbocycles. The Morgan fingerprint density at radius 1 is 0.292 bits per heavy atom. The minimum absolute atomic E-state index is 0.0630. The van der Waals surface area contributed by atoms with Gasteiger partial charge in [-0.1, -0.05) is 291 Å². The Balaban J connectivity index is 4.12. The van der Waals surface area contributed by atoms with Crippen molar-refractivity contribution in [3.8, 4) is 0 Å². The van der Waals surface area contributed by atoms with Gasteiger partial charge in [0.2, 0.25) is 0 Å². The minimum atomic E-state index is -0.761. The summed E-state index contributed by atoms with van der Waals surface area (Å²) in [7, 11) is 0. The Kier molecular flexibility index (Phi) is 50.5. The number of carbonyl (C=O) groups excluding carboxylic acids is 3. The molecule has 0 rings (SSSR count). The van der Waals surface area contributed by atoms with Gasteiger partial charge in [0.15, 0.2) is 6.10 Å². The molecule has 0 aliphatic rings. The van der Waals surface area contributed by atoms with E-state index in [4.69, 9.17) is 14.2 Å². The van der Waals surface area contributed by atoms with Crippen LogP contribution in [-0.2, 0) is 28.6 Å². The second kappa shape index (κ2) is 51.8. The Hall–Kier alpha value is -1.59. The number of hydrogen-bond donors (Lipinski definition) is 0. The van der Waals surface area contributed by atoms with Crippen LogP contribution in [0.25, 0.3) is 0 Å². The van der Waals surface area contributed by atoms with E-state index in [9.17, 15) is 14.4 Å². The average Bonchev–Trinajstić information content (AvgIpc) is 3.28. The largest absolute Gasteiger partial charge is 0.462 e. The lowest BCUT2D eigenvalue weighted by molar-refractivity contribution is -0.167. The van der Waals surface area contributed by atoms with Gasteiger partial charge in [0.1, 0.15) is 13.2 Å². The molecule has 0 aromatic carbocycles. The van der Waals surface area contributed by atoms with Gasteiger partial charge in [-0.2, -0.15) is 0 Å². The molecule has 0 aromatic heterocycles. The summed E-state index contributed by atoms with van der Waals surface area (Å²) in [5, 5.41) is 0. The Bertz CT molecular complexity index is 993. The Morgan fingerprint density at radius 3 is 0.754 bits per heavy atom. The first kappa shape index (κ1) is 63.4. The number of carbonyl (C=O) groups is 3. The zero-order valence-corrected chi connectivity index (χ0v) is 44.6. The Labute approximate surface area is 406 Å². The first-order chi connectivity index (χ1) is 31.7. The van der Waals surface area contributed by atoms with Gasteiger partial charge in [-0.05, 0) is 31.1 Å². The van der Waals surface area contributed by atoms with Crippen molar-refractivity contribution in [2.75, 3.05) is 13.2 Å². The first-order valence-corrected chi connectivity index (χ1v) is 29.2. The van der Waals surface area contributed by atoms with E-state index in [0.29, 0.717) is 19.3 Å². The highest BCUT2D eigenvalue weighted by molar-refractivity contribution is 5.71. The maximum Gasteiger partial charge on any atom is 0.306 e. The smallest absolute Gasteiger partial charge is 0.306 e. The number of esters is 3. The molecule has 0 heterocycles. The minimum Gasteiger partial charge on any atom is -0.462 e. The number of hydrogen-bond acceptors (Lipinski definition) is 6. The van der Waals surface area contributed by atoms with E-state index in [0.717, 1.165) is 69.6 Å². The van der Waals surface area contributed by atoms with Crippen molar-refractivity contribution in [1.82, 2.24) is 0 Å². The average molecular weight is 920 g/mol. The molecular weight excluding hydrogens is 805 g/mol. The molecule has 0 amide bonds. The van der Waals surface area contributed by atoms with E-state index in [1.54, 1.807) is 0 Å². The fourth-order valence-corrected chi connectivity index (χ4v) is 9.05. The van der Waals surface area contributed by atoms with E-state index in [2.05, 4.69) is 34.6 Å². The van der Waals surface area contributed by atoms with Gasteiger partial charge >= 0.3 is 17.9 Å². The maximum atomic E-state index is 12.8. The molecule has 6 nitrogen and oxygen atoms in total. The second-order valence-electron chi connectivity index (χ2n) is 21.2. The van der Waals surface area contributed by atoms with Crippen molar-refractivity contribution in [1.29, 1.82) is 0 Å². The van der Waals surface area contributed by atoms with E-state index in [-0.39, 0.29) is 31.1 Å². The molecule has 0 radical (unpaired) electrons. The molecule has 0 saturated heterocycles. The van der Waals surface area contributed by atoms with Crippen LogP contribution in [0.15, 0.2) is 0 Å². The van der Waals surface area contributed by atoms with E-state index in [1.807, 2.05) is 0 Å². The molecule has 0 aliphatic carbocycles. The lowest BCUT2D eigenvalue weighted by Crippen LogP contribution is -2.30. The molecular formula is C59H114O6. The topological polar surface area (TPSA) is 78.9 Å². The normalized spacial score (nSPS) is 12.0. The molecule has 6 heteroatoms. The van der Waals surface area contributed by atoms with Crippen LogP contribution in [-0.4, -0.2) is 37.2 Å². The summed E-state index contributed by atoms with van der Waals surface area (Å²) in [5.74, 6) is 0.865. The SMILES string of the molecule is CCCCCCCCCC(=O)OC[C@@H](COC(=O)CCCCCCCCCCCCCCCCCCC(C)C)OC(=O)CCCCCCCCCCCCCCCCCCCCC(C)C. The molecule has 0 bridgehead atoms. The van der Waals surface area contributed by atoms with Crippen LogP contribution in [0.2, 0.25) is 0 Å². The number of unbranched alkanes of at least 4 members (excludes halogenated alkanes) is 38.